The van der Waals surface area contributed by atoms with Crippen LogP contribution < -0.4 is 4.74 Å². The molecule has 0 spiro atoms. The van der Waals surface area contributed by atoms with E-state index in [2.05, 4.69) is 0 Å². The Morgan fingerprint density at radius 2 is 1.50 bits per heavy atom. The van der Waals surface area contributed by atoms with Crippen LogP contribution in [0.15, 0.2) is 66.2 Å². The minimum Gasteiger partial charge on any atom is -0.478 e. The standard InChI is InChI=1S/C11H7F3O3.C6H6.C2H4O/c12-11(13,14)9-7(10(15)16)5-6-3-1-2-4-8(6)17-9;1-2-4-6-5-3-1;1-2-3/h1-5,9H,(H,15,16);1-6H;2H,1H3. The van der Waals surface area contributed by atoms with Crippen molar-refractivity contribution in [2.45, 2.75) is 19.2 Å². The van der Waals surface area contributed by atoms with Crippen molar-refractivity contribution in [2.75, 3.05) is 0 Å². The molecule has 4 nitrogen and oxygen atoms in total. The average Bonchev–Trinajstić information content (AvgIpc) is 2.62. The molecular formula is C19H17F3O4. The molecule has 1 aliphatic rings. The van der Waals surface area contributed by atoms with Crippen molar-refractivity contribution in [3.05, 3.63) is 71.8 Å². The molecule has 1 N–H and O–H groups in total. The maximum absolute atomic E-state index is 12.6. The molecule has 0 aromatic heterocycles. The first kappa shape index (κ1) is 21.0. The lowest BCUT2D eigenvalue weighted by Gasteiger charge is -2.26. The molecule has 0 aliphatic carbocycles. The van der Waals surface area contributed by atoms with Gasteiger partial charge in [-0.1, -0.05) is 54.6 Å². The molecule has 0 fully saturated rings. The molecule has 0 amide bonds. The van der Waals surface area contributed by atoms with Crippen LogP contribution in [0.3, 0.4) is 0 Å². The van der Waals surface area contributed by atoms with Crippen LogP contribution in [-0.2, 0) is 9.59 Å². The van der Waals surface area contributed by atoms with Gasteiger partial charge in [0.1, 0.15) is 12.0 Å². The zero-order valence-electron chi connectivity index (χ0n) is 13.8. The average molecular weight is 366 g/mol. The lowest BCUT2D eigenvalue weighted by atomic mass is 10.0. The molecule has 0 saturated heterocycles. The van der Waals surface area contributed by atoms with E-state index in [4.69, 9.17) is 14.6 Å². The third kappa shape index (κ3) is 6.43. The largest absolute Gasteiger partial charge is 0.478 e. The van der Waals surface area contributed by atoms with Crippen molar-refractivity contribution in [3.8, 4) is 5.75 Å². The molecule has 0 saturated carbocycles. The number of aliphatic carboxylic acids is 1. The van der Waals surface area contributed by atoms with Gasteiger partial charge in [0.25, 0.3) is 0 Å². The Kier molecular flexibility index (Phi) is 8.08. The molecule has 1 atom stereocenters. The third-order valence-electron chi connectivity index (χ3n) is 2.97. The highest BCUT2D eigenvalue weighted by Crippen LogP contribution is 2.36. The minimum atomic E-state index is -4.75. The summed E-state index contributed by atoms with van der Waals surface area (Å²) in [5.41, 5.74) is -0.485. The molecule has 3 rings (SSSR count). The van der Waals surface area contributed by atoms with Crippen LogP contribution in [-0.4, -0.2) is 29.6 Å². The van der Waals surface area contributed by atoms with Crippen LogP contribution >= 0.6 is 0 Å². The predicted octanol–water partition coefficient (Wildman–Crippen LogP) is 4.37. The summed E-state index contributed by atoms with van der Waals surface area (Å²) in [5, 5.41) is 8.75. The van der Waals surface area contributed by atoms with E-state index in [1.165, 1.54) is 25.1 Å². The van der Waals surface area contributed by atoms with Gasteiger partial charge in [-0.25, -0.2) is 4.79 Å². The van der Waals surface area contributed by atoms with Crippen molar-refractivity contribution < 1.29 is 32.6 Å². The second kappa shape index (κ2) is 10.0. The maximum Gasteiger partial charge on any atom is 0.430 e. The van der Waals surface area contributed by atoms with Crippen LogP contribution in [0.1, 0.15) is 12.5 Å². The number of ether oxygens (including phenoxy) is 1. The number of carboxylic acids is 1. The number of fused-ring (bicyclic) bond motifs is 1. The summed E-state index contributed by atoms with van der Waals surface area (Å²) in [6.07, 6.45) is -5.44. The number of hydrogen-bond acceptors (Lipinski definition) is 3. The Bertz CT molecular complexity index is 713. The number of para-hydroxylation sites is 1. The topological polar surface area (TPSA) is 63.6 Å². The second-order valence-corrected chi connectivity index (χ2v) is 4.87. The van der Waals surface area contributed by atoms with Gasteiger partial charge in [-0.3, -0.25) is 0 Å². The van der Waals surface area contributed by atoms with Gasteiger partial charge in [0, 0.05) is 5.56 Å². The fourth-order valence-corrected chi connectivity index (χ4v) is 1.94. The van der Waals surface area contributed by atoms with E-state index >= 15 is 0 Å². The van der Waals surface area contributed by atoms with Crippen molar-refractivity contribution in [2.24, 2.45) is 0 Å². The van der Waals surface area contributed by atoms with Crippen molar-refractivity contribution in [1.82, 2.24) is 0 Å². The number of rotatable bonds is 1. The molecular weight excluding hydrogens is 349 g/mol. The highest BCUT2D eigenvalue weighted by Gasteiger charge is 2.48. The first-order valence-electron chi connectivity index (χ1n) is 7.48. The van der Waals surface area contributed by atoms with Crippen LogP contribution in [0, 0.1) is 0 Å². The smallest absolute Gasteiger partial charge is 0.430 e. The number of alkyl halides is 3. The lowest BCUT2D eigenvalue weighted by Crippen LogP contribution is -2.40. The summed E-state index contributed by atoms with van der Waals surface area (Å²) in [6.45, 7) is 1.44. The van der Waals surface area contributed by atoms with E-state index in [0.29, 0.717) is 5.56 Å². The van der Waals surface area contributed by atoms with E-state index in [1.54, 1.807) is 6.07 Å². The number of hydrogen-bond donors (Lipinski definition) is 1. The molecule has 1 unspecified atom stereocenters. The molecule has 26 heavy (non-hydrogen) atoms. The van der Waals surface area contributed by atoms with Gasteiger partial charge < -0.3 is 14.6 Å². The molecule has 0 radical (unpaired) electrons. The van der Waals surface area contributed by atoms with E-state index in [9.17, 15) is 18.0 Å². The van der Waals surface area contributed by atoms with Gasteiger partial charge >= 0.3 is 12.1 Å². The number of carbonyl (C=O) groups is 2. The zero-order valence-corrected chi connectivity index (χ0v) is 13.8. The molecule has 1 aliphatic heterocycles. The van der Waals surface area contributed by atoms with E-state index in [0.717, 1.165) is 12.4 Å². The Morgan fingerprint density at radius 1 is 1.04 bits per heavy atom. The van der Waals surface area contributed by atoms with Crippen LogP contribution in [0.5, 0.6) is 5.75 Å². The third-order valence-corrected chi connectivity index (χ3v) is 2.97. The van der Waals surface area contributed by atoms with Crippen molar-refractivity contribution in [3.63, 3.8) is 0 Å². The van der Waals surface area contributed by atoms with E-state index in [1.807, 2.05) is 36.4 Å². The Morgan fingerprint density at radius 3 is 1.92 bits per heavy atom. The summed E-state index contributed by atoms with van der Waals surface area (Å²) < 4.78 is 42.5. The maximum atomic E-state index is 12.6. The lowest BCUT2D eigenvalue weighted by molar-refractivity contribution is -0.187. The van der Waals surface area contributed by atoms with Crippen LogP contribution in [0.25, 0.3) is 6.08 Å². The monoisotopic (exact) mass is 366 g/mol. The number of benzene rings is 2. The number of halogens is 3. The first-order chi connectivity index (χ1) is 12.3. The molecule has 138 valence electrons. The molecule has 2 aromatic carbocycles. The summed E-state index contributed by atoms with van der Waals surface area (Å²) in [5.74, 6) is -1.61. The van der Waals surface area contributed by atoms with Gasteiger partial charge in [0.2, 0.25) is 6.10 Å². The minimum absolute atomic E-state index is 0.0276. The SMILES string of the molecule is CC=O.O=C(O)C1=Cc2ccccc2OC1C(F)(F)F.c1ccccc1. The van der Waals surface area contributed by atoms with Crippen LogP contribution in [0.4, 0.5) is 13.2 Å². The van der Waals surface area contributed by atoms with Gasteiger partial charge in [0.05, 0.1) is 5.57 Å². The van der Waals surface area contributed by atoms with E-state index in [-0.39, 0.29) is 5.75 Å². The highest BCUT2D eigenvalue weighted by atomic mass is 19.4. The quantitative estimate of drug-likeness (QED) is 0.762. The Balaban J connectivity index is 0.000000310. The summed E-state index contributed by atoms with van der Waals surface area (Å²) in [7, 11) is 0. The van der Waals surface area contributed by atoms with Crippen molar-refractivity contribution >= 4 is 18.3 Å². The fourth-order valence-electron chi connectivity index (χ4n) is 1.94. The second-order valence-electron chi connectivity index (χ2n) is 4.87. The van der Waals surface area contributed by atoms with Gasteiger partial charge in [-0.15, -0.1) is 0 Å². The first-order valence-corrected chi connectivity index (χ1v) is 7.48. The zero-order chi connectivity index (χ0) is 19.6. The summed E-state index contributed by atoms with van der Waals surface area (Å²) in [4.78, 5) is 19.6. The van der Waals surface area contributed by atoms with Crippen LogP contribution in [0.2, 0.25) is 0 Å². The van der Waals surface area contributed by atoms with E-state index < -0.39 is 23.8 Å². The highest BCUT2D eigenvalue weighted by molar-refractivity contribution is 5.94. The summed E-state index contributed by atoms with van der Waals surface area (Å²) >= 11 is 0. The molecule has 2 aromatic rings. The fraction of sp³-hybridized carbons (Fsp3) is 0.158. The number of aldehydes is 1. The predicted molar refractivity (Wildman–Crippen MR) is 90.7 cm³/mol. The molecule has 7 heteroatoms. The normalized spacial score (nSPS) is 14.8. The Labute approximate surface area is 148 Å². The van der Waals surface area contributed by atoms with Gasteiger partial charge in [0.15, 0.2) is 0 Å². The number of carboxylic acid groups (broad SMARTS) is 1. The molecule has 0 bridgehead atoms. The molecule has 1 heterocycles. The van der Waals surface area contributed by atoms with Gasteiger partial charge in [-0.05, 0) is 19.1 Å². The van der Waals surface area contributed by atoms with Crippen molar-refractivity contribution in [1.29, 1.82) is 0 Å². The summed E-state index contributed by atoms with van der Waals surface area (Å²) in [6, 6.07) is 18.0. The van der Waals surface area contributed by atoms with Gasteiger partial charge in [-0.2, -0.15) is 13.2 Å². The number of carbonyl (C=O) groups excluding carboxylic acids is 1. The Hall–Kier alpha value is -3.09.